The zero-order chi connectivity index (χ0) is 13.5. The lowest BCUT2D eigenvalue weighted by atomic mass is 10.1. The van der Waals surface area contributed by atoms with Crippen molar-refractivity contribution >= 4 is 5.91 Å². The third-order valence-corrected chi connectivity index (χ3v) is 2.95. The number of carbonyl (C=O) groups excluding carboxylic acids is 1. The van der Waals surface area contributed by atoms with Crippen LogP contribution in [-0.4, -0.2) is 12.5 Å². The highest BCUT2D eigenvalue weighted by atomic mass is 16.1. The first-order chi connectivity index (χ1) is 9.25. The minimum absolute atomic E-state index is 0.00224. The molecule has 0 saturated heterocycles. The molecule has 19 heavy (non-hydrogen) atoms. The van der Waals surface area contributed by atoms with Crippen LogP contribution in [0.2, 0.25) is 0 Å². The summed E-state index contributed by atoms with van der Waals surface area (Å²) in [6, 6.07) is 19.3. The summed E-state index contributed by atoms with van der Waals surface area (Å²) < 4.78 is 0. The van der Waals surface area contributed by atoms with Gasteiger partial charge in [0.25, 0.3) is 0 Å². The standard InChI is InChI=1S/C16H18N2O/c17-15(14-9-5-2-6-10-14)12-18-16(19)11-13-7-3-1-4-8-13/h1-10,15H,11-12,17H2,(H,18,19). The van der Waals surface area contributed by atoms with Gasteiger partial charge in [0.15, 0.2) is 0 Å². The topological polar surface area (TPSA) is 55.1 Å². The van der Waals surface area contributed by atoms with Crippen molar-refractivity contribution in [1.29, 1.82) is 0 Å². The average Bonchev–Trinajstić information content (AvgIpc) is 2.47. The SMILES string of the molecule is NC(CNC(=O)Cc1ccccc1)c1ccccc1. The molecule has 3 heteroatoms. The van der Waals surface area contributed by atoms with E-state index in [-0.39, 0.29) is 11.9 Å². The largest absolute Gasteiger partial charge is 0.354 e. The first-order valence-electron chi connectivity index (χ1n) is 6.37. The molecule has 0 aliphatic carbocycles. The van der Waals surface area contributed by atoms with Crippen LogP contribution in [0.1, 0.15) is 17.2 Å². The van der Waals surface area contributed by atoms with Gasteiger partial charge in [-0.3, -0.25) is 4.79 Å². The van der Waals surface area contributed by atoms with Gasteiger partial charge in [-0.15, -0.1) is 0 Å². The van der Waals surface area contributed by atoms with Crippen molar-refractivity contribution in [2.75, 3.05) is 6.54 Å². The predicted molar refractivity (Wildman–Crippen MR) is 76.5 cm³/mol. The van der Waals surface area contributed by atoms with Crippen molar-refractivity contribution in [2.45, 2.75) is 12.5 Å². The van der Waals surface area contributed by atoms with Gasteiger partial charge in [-0.25, -0.2) is 0 Å². The van der Waals surface area contributed by atoms with Gasteiger partial charge in [0.2, 0.25) is 5.91 Å². The molecule has 2 aromatic carbocycles. The highest BCUT2D eigenvalue weighted by molar-refractivity contribution is 5.78. The molecule has 0 spiro atoms. The molecule has 1 atom stereocenters. The minimum Gasteiger partial charge on any atom is -0.354 e. The number of nitrogens with one attached hydrogen (secondary N) is 1. The van der Waals surface area contributed by atoms with Crippen LogP contribution in [0.4, 0.5) is 0 Å². The average molecular weight is 254 g/mol. The Labute approximate surface area is 113 Å². The van der Waals surface area contributed by atoms with Gasteiger partial charge in [0, 0.05) is 12.6 Å². The fraction of sp³-hybridized carbons (Fsp3) is 0.188. The Morgan fingerprint density at radius 3 is 2.21 bits per heavy atom. The Hall–Kier alpha value is -2.13. The molecule has 0 heterocycles. The molecule has 3 N–H and O–H groups in total. The van der Waals surface area contributed by atoms with Crippen molar-refractivity contribution in [3.05, 3.63) is 71.8 Å². The van der Waals surface area contributed by atoms with Crippen LogP contribution in [0.5, 0.6) is 0 Å². The van der Waals surface area contributed by atoms with Crippen molar-refractivity contribution in [3.63, 3.8) is 0 Å². The second-order valence-corrected chi connectivity index (χ2v) is 4.48. The number of hydrogen-bond acceptors (Lipinski definition) is 2. The van der Waals surface area contributed by atoms with E-state index in [0.29, 0.717) is 13.0 Å². The minimum atomic E-state index is -0.166. The summed E-state index contributed by atoms with van der Waals surface area (Å²) in [7, 11) is 0. The molecule has 98 valence electrons. The molecule has 3 nitrogen and oxygen atoms in total. The summed E-state index contributed by atoms with van der Waals surface area (Å²) in [4.78, 5) is 11.8. The molecule has 2 aromatic rings. The lowest BCUT2D eigenvalue weighted by molar-refractivity contribution is -0.120. The van der Waals surface area contributed by atoms with E-state index in [1.165, 1.54) is 0 Å². The zero-order valence-corrected chi connectivity index (χ0v) is 10.8. The van der Waals surface area contributed by atoms with Crippen LogP contribution in [0.15, 0.2) is 60.7 Å². The predicted octanol–water partition coefficient (Wildman–Crippen LogP) is 2.05. The smallest absolute Gasteiger partial charge is 0.224 e. The summed E-state index contributed by atoms with van der Waals surface area (Å²) in [5.41, 5.74) is 8.06. The zero-order valence-electron chi connectivity index (χ0n) is 10.8. The summed E-state index contributed by atoms with van der Waals surface area (Å²) in [5.74, 6) is -0.00224. The fourth-order valence-electron chi connectivity index (χ4n) is 1.89. The Balaban J connectivity index is 1.81. The third kappa shape index (κ3) is 4.23. The second kappa shape index (κ2) is 6.71. The van der Waals surface area contributed by atoms with Crippen molar-refractivity contribution < 1.29 is 4.79 Å². The normalized spacial score (nSPS) is 11.8. The highest BCUT2D eigenvalue weighted by Crippen LogP contribution is 2.08. The summed E-state index contributed by atoms with van der Waals surface area (Å²) in [6.07, 6.45) is 0.391. The molecular weight excluding hydrogens is 236 g/mol. The summed E-state index contributed by atoms with van der Waals surface area (Å²) in [5, 5.41) is 2.87. The van der Waals surface area contributed by atoms with Gasteiger partial charge in [-0.2, -0.15) is 0 Å². The van der Waals surface area contributed by atoms with E-state index in [0.717, 1.165) is 11.1 Å². The monoisotopic (exact) mass is 254 g/mol. The molecule has 0 aliphatic rings. The Kier molecular flexibility index (Phi) is 4.70. The van der Waals surface area contributed by atoms with Crippen LogP contribution in [0.3, 0.4) is 0 Å². The fourth-order valence-corrected chi connectivity index (χ4v) is 1.89. The molecule has 0 bridgehead atoms. The van der Waals surface area contributed by atoms with Gasteiger partial charge in [0.1, 0.15) is 0 Å². The molecular formula is C16H18N2O. The molecule has 0 aliphatic heterocycles. The third-order valence-electron chi connectivity index (χ3n) is 2.95. The van der Waals surface area contributed by atoms with Crippen molar-refractivity contribution in [2.24, 2.45) is 5.73 Å². The first-order valence-corrected chi connectivity index (χ1v) is 6.37. The van der Waals surface area contributed by atoms with E-state index in [1.807, 2.05) is 60.7 Å². The molecule has 0 fully saturated rings. The van der Waals surface area contributed by atoms with Crippen molar-refractivity contribution in [3.8, 4) is 0 Å². The number of nitrogens with two attached hydrogens (primary N) is 1. The number of hydrogen-bond donors (Lipinski definition) is 2. The van der Waals surface area contributed by atoms with Crippen LogP contribution in [-0.2, 0) is 11.2 Å². The molecule has 1 amide bonds. The van der Waals surface area contributed by atoms with Gasteiger partial charge in [-0.1, -0.05) is 60.7 Å². The summed E-state index contributed by atoms with van der Waals surface area (Å²) in [6.45, 7) is 0.454. The molecule has 0 radical (unpaired) electrons. The Bertz CT molecular complexity index is 511. The quantitative estimate of drug-likeness (QED) is 0.858. The van der Waals surface area contributed by atoms with Gasteiger partial charge in [-0.05, 0) is 11.1 Å². The van der Waals surface area contributed by atoms with E-state index in [9.17, 15) is 4.79 Å². The lowest BCUT2D eigenvalue weighted by Crippen LogP contribution is -2.32. The van der Waals surface area contributed by atoms with Gasteiger partial charge >= 0.3 is 0 Å². The van der Waals surface area contributed by atoms with Crippen molar-refractivity contribution in [1.82, 2.24) is 5.32 Å². The van der Waals surface area contributed by atoms with Gasteiger partial charge in [0.05, 0.1) is 6.42 Å². The van der Waals surface area contributed by atoms with Gasteiger partial charge < -0.3 is 11.1 Å². The van der Waals surface area contributed by atoms with Crippen LogP contribution in [0, 0.1) is 0 Å². The van der Waals surface area contributed by atoms with E-state index in [2.05, 4.69) is 5.32 Å². The number of amides is 1. The summed E-state index contributed by atoms with van der Waals surface area (Å²) >= 11 is 0. The van der Waals surface area contributed by atoms with E-state index in [4.69, 9.17) is 5.73 Å². The Morgan fingerprint density at radius 1 is 1.00 bits per heavy atom. The number of rotatable bonds is 5. The van der Waals surface area contributed by atoms with Crippen LogP contribution >= 0.6 is 0 Å². The maximum atomic E-state index is 11.8. The van der Waals surface area contributed by atoms with Crippen LogP contribution < -0.4 is 11.1 Å². The molecule has 2 rings (SSSR count). The highest BCUT2D eigenvalue weighted by Gasteiger charge is 2.08. The van der Waals surface area contributed by atoms with E-state index < -0.39 is 0 Å². The molecule has 0 aromatic heterocycles. The second-order valence-electron chi connectivity index (χ2n) is 4.48. The Morgan fingerprint density at radius 2 is 1.58 bits per heavy atom. The van der Waals surface area contributed by atoms with E-state index >= 15 is 0 Å². The lowest BCUT2D eigenvalue weighted by Gasteiger charge is -2.13. The maximum absolute atomic E-state index is 11.8. The maximum Gasteiger partial charge on any atom is 0.224 e. The van der Waals surface area contributed by atoms with Crippen LogP contribution in [0.25, 0.3) is 0 Å². The number of benzene rings is 2. The molecule has 1 unspecified atom stereocenters. The molecule has 0 saturated carbocycles. The number of carbonyl (C=O) groups is 1. The van der Waals surface area contributed by atoms with E-state index in [1.54, 1.807) is 0 Å². The first kappa shape index (κ1) is 13.3.